The van der Waals surface area contributed by atoms with E-state index in [9.17, 15) is 4.79 Å². The van der Waals surface area contributed by atoms with Crippen molar-refractivity contribution in [3.05, 3.63) is 88.4 Å². The van der Waals surface area contributed by atoms with Gasteiger partial charge in [-0.15, -0.1) is 0 Å². The maximum absolute atomic E-state index is 12.4. The van der Waals surface area contributed by atoms with Gasteiger partial charge in [0, 0.05) is 10.7 Å². The Morgan fingerprint density at radius 1 is 1.09 bits per heavy atom. The number of carbonyl (C=O) groups excluding carboxylic acids is 1. The minimum atomic E-state index is -0.502. The van der Waals surface area contributed by atoms with Gasteiger partial charge in [-0.2, -0.15) is 5.10 Å². The Hall–Kier alpha value is -3.42. The van der Waals surface area contributed by atoms with Gasteiger partial charge in [0.1, 0.15) is 0 Å². The van der Waals surface area contributed by atoms with Crippen LogP contribution in [0.5, 0.6) is 11.5 Å². The second kappa shape index (κ2) is 11.3. The number of esters is 1. The molecule has 3 aromatic rings. The van der Waals surface area contributed by atoms with E-state index in [0.29, 0.717) is 33.8 Å². The third-order valence-electron chi connectivity index (χ3n) is 4.21. The van der Waals surface area contributed by atoms with Crippen molar-refractivity contribution in [2.45, 2.75) is 13.8 Å². The van der Waals surface area contributed by atoms with Crippen LogP contribution in [0.1, 0.15) is 28.4 Å². The molecule has 0 bridgehead atoms. The largest absolute Gasteiger partial charge is 0.490 e. The lowest BCUT2D eigenvalue weighted by atomic mass is 10.2. The second-order valence-corrected chi connectivity index (χ2v) is 7.57. The number of aryl methyl sites for hydroxylation is 1. The van der Waals surface area contributed by atoms with Crippen LogP contribution in [0.25, 0.3) is 0 Å². The SMILES string of the molecule is CCOc1cc(/C=N/NC(=S)Nc2cccc(C)c2)ccc1OC(=O)c1ccc(Cl)cc1. The Morgan fingerprint density at radius 3 is 2.59 bits per heavy atom. The number of benzene rings is 3. The number of nitrogens with one attached hydrogen (secondary N) is 2. The Kier molecular flexibility index (Phi) is 8.19. The molecule has 3 aromatic carbocycles. The first-order valence-corrected chi connectivity index (χ1v) is 10.6. The van der Waals surface area contributed by atoms with Crippen molar-refractivity contribution in [2.24, 2.45) is 5.10 Å². The standard InChI is InChI=1S/C24H22ClN3O3S/c1-3-30-22-14-17(15-26-28-24(32)27-20-6-4-5-16(2)13-20)7-12-21(22)31-23(29)18-8-10-19(25)11-9-18/h4-15H,3H2,1-2H3,(H2,27,28,32)/b26-15+. The van der Waals surface area contributed by atoms with E-state index in [1.54, 1.807) is 48.7 Å². The van der Waals surface area contributed by atoms with Gasteiger partial charge in [0.25, 0.3) is 0 Å². The molecular formula is C24H22ClN3O3S. The van der Waals surface area contributed by atoms with Crippen LogP contribution in [0.4, 0.5) is 5.69 Å². The van der Waals surface area contributed by atoms with E-state index in [-0.39, 0.29) is 0 Å². The molecule has 0 unspecified atom stereocenters. The topological polar surface area (TPSA) is 71.9 Å². The molecule has 0 saturated heterocycles. The number of anilines is 1. The summed E-state index contributed by atoms with van der Waals surface area (Å²) in [7, 11) is 0. The quantitative estimate of drug-likeness (QED) is 0.155. The van der Waals surface area contributed by atoms with E-state index in [2.05, 4.69) is 15.8 Å². The zero-order valence-electron chi connectivity index (χ0n) is 17.6. The van der Waals surface area contributed by atoms with Crippen molar-refractivity contribution in [1.82, 2.24) is 5.43 Å². The van der Waals surface area contributed by atoms with Crippen LogP contribution < -0.4 is 20.2 Å². The molecule has 32 heavy (non-hydrogen) atoms. The van der Waals surface area contributed by atoms with Crippen LogP contribution >= 0.6 is 23.8 Å². The minimum Gasteiger partial charge on any atom is -0.490 e. The zero-order chi connectivity index (χ0) is 22.9. The molecule has 0 saturated carbocycles. The Bertz CT molecular complexity index is 1130. The van der Waals surface area contributed by atoms with Crippen molar-refractivity contribution in [3.63, 3.8) is 0 Å². The van der Waals surface area contributed by atoms with Gasteiger partial charge in [-0.1, -0.05) is 23.7 Å². The summed E-state index contributed by atoms with van der Waals surface area (Å²) < 4.78 is 11.1. The highest BCUT2D eigenvalue weighted by Crippen LogP contribution is 2.29. The Labute approximate surface area is 197 Å². The number of hydrogen-bond acceptors (Lipinski definition) is 5. The number of hydrazone groups is 1. The second-order valence-electron chi connectivity index (χ2n) is 6.73. The smallest absolute Gasteiger partial charge is 0.343 e. The average molecular weight is 468 g/mol. The van der Waals surface area contributed by atoms with Crippen molar-refractivity contribution in [3.8, 4) is 11.5 Å². The van der Waals surface area contributed by atoms with Gasteiger partial charge in [0.05, 0.1) is 18.4 Å². The highest BCUT2D eigenvalue weighted by atomic mass is 35.5. The van der Waals surface area contributed by atoms with Crippen LogP contribution in [0.2, 0.25) is 5.02 Å². The first-order chi connectivity index (χ1) is 15.4. The molecule has 3 rings (SSSR count). The minimum absolute atomic E-state index is 0.313. The van der Waals surface area contributed by atoms with Gasteiger partial charge >= 0.3 is 5.97 Å². The van der Waals surface area contributed by atoms with E-state index in [1.807, 2.05) is 38.1 Å². The first-order valence-electron chi connectivity index (χ1n) is 9.86. The van der Waals surface area contributed by atoms with Gasteiger partial charge in [-0.25, -0.2) is 4.79 Å². The predicted octanol–water partition coefficient (Wildman–Crippen LogP) is 5.59. The maximum atomic E-state index is 12.4. The number of carbonyl (C=O) groups is 1. The van der Waals surface area contributed by atoms with Gasteiger partial charge in [-0.3, -0.25) is 5.43 Å². The van der Waals surface area contributed by atoms with Gasteiger partial charge in [-0.05, 0) is 91.8 Å². The summed E-state index contributed by atoms with van der Waals surface area (Å²) in [4.78, 5) is 12.4. The maximum Gasteiger partial charge on any atom is 0.343 e. The number of hydrogen-bond donors (Lipinski definition) is 2. The molecule has 6 nitrogen and oxygen atoms in total. The van der Waals surface area contributed by atoms with Crippen molar-refractivity contribution in [1.29, 1.82) is 0 Å². The molecule has 0 aliphatic rings. The fourth-order valence-corrected chi connectivity index (χ4v) is 3.05. The van der Waals surface area contributed by atoms with Crippen molar-refractivity contribution >= 4 is 46.8 Å². The third kappa shape index (κ3) is 6.80. The molecule has 164 valence electrons. The molecule has 0 heterocycles. The van der Waals surface area contributed by atoms with Crippen LogP contribution in [0.3, 0.4) is 0 Å². The van der Waals surface area contributed by atoms with Gasteiger partial charge < -0.3 is 14.8 Å². The normalized spacial score (nSPS) is 10.6. The molecule has 0 aliphatic heterocycles. The van der Waals surface area contributed by atoms with Crippen LogP contribution in [-0.4, -0.2) is 23.9 Å². The lowest BCUT2D eigenvalue weighted by Crippen LogP contribution is -2.23. The third-order valence-corrected chi connectivity index (χ3v) is 4.65. The highest BCUT2D eigenvalue weighted by molar-refractivity contribution is 7.80. The fraction of sp³-hybridized carbons (Fsp3) is 0.125. The average Bonchev–Trinajstić information content (AvgIpc) is 2.76. The summed E-state index contributed by atoms with van der Waals surface area (Å²) in [6.07, 6.45) is 1.59. The van der Waals surface area contributed by atoms with E-state index >= 15 is 0 Å². The molecule has 2 N–H and O–H groups in total. The van der Waals surface area contributed by atoms with Crippen LogP contribution in [0, 0.1) is 6.92 Å². The summed E-state index contributed by atoms with van der Waals surface area (Å²) in [5, 5.41) is 8.13. The summed E-state index contributed by atoms with van der Waals surface area (Å²) in [5.41, 5.74) is 5.91. The number of nitrogens with zero attached hydrogens (tertiary/aromatic N) is 1. The zero-order valence-corrected chi connectivity index (χ0v) is 19.2. The summed E-state index contributed by atoms with van der Waals surface area (Å²) >= 11 is 11.1. The lowest BCUT2D eigenvalue weighted by molar-refractivity contribution is 0.0728. The summed E-state index contributed by atoms with van der Waals surface area (Å²) in [6, 6.07) is 19.5. The van der Waals surface area contributed by atoms with E-state index < -0.39 is 5.97 Å². The summed E-state index contributed by atoms with van der Waals surface area (Å²) in [5.74, 6) is 0.242. The number of thiocarbonyl (C=S) groups is 1. The molecule has 0 amide bonds. The molecule has 0 aromatic heterocycles. The monoisotopic (exact) mass is 467 g/mol. The molecular weight excluding hydrogens is 446 g/mol. The number of halogens is 1. The van der Waals surface area contributed by atoms with E-state index in [0.717, 1.165) is 16.8 Å². The molecule has 0 radical (unpaired) electrons. The van der Waals surface area contributed by atoms with E-state index in [1.165, 1.54) is 0 Å². The lowest BCUT2D eigenvalue weighted by Gasteiger charge is -2.11. The summed E-state index contributed by atoms with van der Waals surface area (Å²) in [6.45, 7) is 4.27. The predicted molar refractivity (Wildman–Crippen MR) is 132 cm³/mol. The number of rotatable bonds is 7. The van der Waals surface area contributed by atoms with Crippen LogP contribution in [0.15, 0.2) is 71.8 Å². The Balaban J connectivity index is 1.64. The fourth-order valence-electron chi connectivity index (χ4n) is 2.75. The molecule has 8 heteroatoms. The van der Waals surface area contributed by atoms with Crippen molar-refractivity contribution < 1.29 is 14.3 Å². The highest BCUT2D eigenvalue weighted by Gasteiger charge is 2.13. The van der Waals surface area contributed by atoms with E-state index in [4.69, 9.17) is 33.3 Å². The Morgan fingerprint density at radius 2 is 1.88 bits per heavy atom. The van der Waals surface area contributed by atoms with Crippen molar-refractivity contribution in [2.75, 3.05) is 11.9 Å². The molecule has 0 spiro atoms. The molecule has 0 fully saturated rings. The molecule has 0 aliphatic carbocycles. The van der Waals surface area contributed by atoms with Gasteiger partial charge in [0.15, 0.2) is 16.6 Å². The van der Waals surface area contributed by atoms with Crippen LogP contribution in [-0.2, 0) is 0 Å². The van der Waals surface area contributed by atoms with Gasteiger partial charge in [0.2, 0.25) is 0 Å². The number of ether oxygens (including phenoxy) is 2. The molecule has 0 atom stereocenters. The first kappa shape index (κ1) is 23.2.